The van der Waals surface area contributed by atoms with Gasteiger partial charge >= 0.3 is 0 Å². The van der Waals surface area contributed by atoms with Crippen LogP contribution in [0, 0.1) is 0 Å². The molecule has 1 aliphatic carbocycles. The number of carbonyl (C=O) groups excluding carboxylic acids is 2. The molecule has 3 rings (SSSR count). The average Bonchev–Trinajstić information content (AvgIpc) is 2.43. The largest absolute Gasteiger partial charge is 0.507 e. The Morgan fingerprint density at radius 3 is 2.58 bits per heavy atom. The second-order valence-corrected chi connectivity index (χ2v) is 5.32. The van der Waals surface area contributed by atoms with E-state index < -0.39 is 10.7 Å². The maximum atomic E-state index is 12.5. The van der Waals surface area contributed by atoms with Crippen LogP contribution in [0.4, 0.5) is 0 Å². The first-order valence-electron chi connectivity index (χ1n) is 6.04. The molecule has 0 amide bonds. The van der Waals surface area contributed by atoms with E-state index in [0.29, 0.717) is 10.9 Å². The average molecular weight is 275 g/mol. The number of halogens is 1. The summed E-state index contributed by atoms with van der Waals surface area (Å²) in [5.41, 5.74) is 0.560. The van der Waals surface area contributed by atoms with E-state index in [2.05, 4.69) is 0 Å². The molecule has 0 bridgehead atoms. The number of hydrogen-bond acceptors (Lipinski definition) is 3. The van der Waals surface area contributed by atoms with Crippen molar-refractivity contribution in [3.8, 4) is 5.75 Å². The lowest BCUT2D eigenvalue weighted by Gasteiger charge is -2.29. The van der Waals surface area contributed by atoms with Gasteiger partial charge in [0, 0.05) is 10.9 Å². The molecule has 0 aliphatic heterocycles. The second-order valence-electron chi connectivity index (χ2n) is 4.68. The smallest absolute Gasteiger partial charge is 0.196 e. The number of Topliss-reactive ketones (excluding diaryl/α,β-unsaturated/α-hetero) is 2. The highest BCUT2D eigenvalue weighted by Gasteiger charge is 2.48. The van der Waals surface area contributed by atoms with E-state index >= 15 is 0 Å². The van der Waals surface area contributed by atoms with E-state index in [1.54, 1.807) is 31.2 Å². The summed E-state index contributed by atoms with van der Waals surface area (Å²) in [6.45, 7) is 1.69. The third-order valence-corrected chi connectivity index (χ3v) is 4.31. The van der Waals surface area contributed by atoms with Crippen molar-refractivity contribution < 1.29 is 14.7 Å². The van der Waals surface area contributed by atoms with Gasteiger partial charge in [-0.1, -0.05) is 31.2 Å². The summed E-state index contributed by atoms with van der Waals surface area (Å²) in [5.74, 6) is -1.02. The number of phenolic OH excluding ortho intramolecular Hbond substituents is 1. The third-order valence-electron chi connectivity index (χ3n) is 3.70. The van der Waals surface area contributed by atoms with Crippen LogP contribution in [0.5, 0.6) is 5.75 Å². The summed E-state index contributed by atoms with van der Waals surface area (Å²) in [7, 11) is 0. The van der Waals surface area contributed by atoms with E-state index in [1.165, 1.54) is 6.07 Å². The first-order valence-corrected chi connectivity index (χ1v) is 6.41. The summed E-state index contributed by atoms with van der Waals surface area (Å²) in [6, 6.07) is 8.34. The van der Waals surface area contributed by atoms with Crippen molar-refractivity contribution in [3.63, 3.8) is 0 Å². The Kier molecular flexibility index (Phi) is 2.44. The zero-order chi connectivity index (χ0) is 13.8. The van der Waals surface area contributed by atoms with Crippen molar-refractivity contribution in [2.45, 2.75) is 18.2 Å². The van der Waals surface area contributed by atoms with Crippen LogP contribution in [0.15, 0.2) is 30.3 Å². The Hall–Kier alpha value is -1.87. The van der Waals surface area contributed by atoms with Gasteiger partial charge in [-0.2, -0.15) is 0 Å². The molecule has 3 nitrogen and oxygen atoms in total. The third kappa shape index (κ3) is 1.39. The van der Waals surface area contributed by atoms with Gasteiger partial charge in [-0.3, -0.25) is 9.59 Å². The molecular formula is C15H11ClO3. The highest BCUT2D eigenvalue weighted by Crippen LogP contribution is 2.42. The van der Waals surface area contributed by atoms with Gasteiger partial charge in [-0.05, 0) is 17.9 Å². The summed E-state index contributed by atoms with van der Waals surface area (Å²) in [5, 5.41) is 11.2. The Balaban J connectivity index is 2.51. The van der Waals surface area contributed by atoms with Crippen molar-refractivity contribution in [2.24, 2.45) is 0 Å². The number of aromatic hydroxyl groups is 1. The van der Waals surface area contributed by atoms with Gasteiger partial charge in [0.15, 0.2) is 16.4 Å². The molecule has 0 saturated carbocycles. The lowest BCUT2D eigenvalue weighted by molar-refractivity contribution is 0.0822. The van der Waals surface area contributed by atoms with Crippen molar-refractivity contribution in [2.75, 3.05) is 0 Å². The Labute approximate surface area is 114 Å². The van der Waals surface area contributed by atoms with E-state index in [1.807, 2.05) is 0 Å². The second kappa shape index (κ2) is 3.81. The summed E-state index contributed by atoms with van der Waals surface area (Å²) >= 11 is 6.23. The molecule has 1 N–H and O–H groups in total. The maximum Gasteiger partial charge on any atom is 0.196 e. The number of alkyl halides is 1. The van der Waals surface area contributed by atoms with Crippen molar-refractivity contribution >= 4 is 33.9 Å². The zero-order valence-electron chi connectivity index (χ0n) is 10.2. The molecule has 0 radical (unpaired) electrons. The minimum atomic E-state index is -1.60. The summed E-state index contributed by atoms with van der Waals surface area (Å²) in [4.78, 5) is 23.3. The number of rotatable bonds is 1. The molecule has 96 valence electrons. The van der Waals surface area contributed by atoms with Gasteiger partial charge in [-0.25, -0.2) is 0 Å². The van der Waals surface area contributed by atoms with Crippen LogP contribution in [-0.4, -0.2) is 21.5 Å². The molecule has 0 saturated heterocycles. The molecule has 2 aromatic rings. The van der Waals surface area contributed by atoms with Crippen LogP contribution in [0.3, 0.4) is 0 Å². The summed E-state index contributed by atoms with van der Waals surface area (Å²) < 4.78 is 0. The fourth-order valence-corrected chi connectivity index (χ4v) is 2.82. The minimum Gasteiger partial charge on any atom is -0.507 e. The van der Waals surface area contributed by atoms with E-state index in [-0.39, 0.29) is 23.5 Å². The zero-order valence-corrected chi connectivity index (χ0v) is 11.0. The Morgan fingerprint density at radius 1 is 1.16 bits per heavy atom. The molecular weight excluding hydrogens is 264 g/mol. The SMILES string of the molecule is CC[C@]1(Cl)C(=O)c2cccc3ccc(O)c(c23)C1=O. The Morgan fingerprint density at radius 2 is 1.89 bits per heavy atom. The first-order chi connectivity index (χ1) is 9.00. The fraction of sp³-hybridized carbons (Fsp3) is 0.200. The van der Waals surface area contributed by atoms with Gasteiger partial charge in [0.05, 0.1) is 5.56 Å². The van der Waals surface area contributed by atoms with E-state index in [4.69, 9.17) is 11.6 Å². The van der Waals surface area contributed by atoms with Crippen LogP contribution in [-0.2, 0) is 0 Å². The van der Waals surface area contributed by atoms with Gasteiger partial charge in [0.25, 0.3) is 0 Å². The van der Waals surface area contributed by atoms with Crippen LogP contribution in [0.25, 0.3) is 10.8 Å². The quantitative estimate of drug-likeness (QED) is 0.641. The normalized spacial score (nSPS) is 22.0. The lowest BCUT2D eigenvalue weighted by Crippen LogP contribution is -2.43. The highest BCUT2D eigenvalue weighted by atomic mass is 35.5. The van der Waals surface area contributed by atoms with Crippen molar-refractivity contribution in [1.29, 1.82) is 0 Å². The van der Waals surface area contributed by atoms with Crippen molar-refractivity contribution in [3.05, 3.63) is 41.5 Å². The topological polar surface area (TPSA) is 54.4 Å². The standard InChI is InChI=1S/C15H11ClO3/c1-2-15(16)13(18)9-5-3-4-8-6-7-10(17)12(11(8)9)14(15)19/h3-7,17H,2H2,1H3/t15-/m0/s1. The fourth-order valence-electron chi connectivity index (χ4n) is 2.62. The molecule has 4 heteroatoms. The molecule has 0 aromatic heterocycles. The number of hydrogen-bond donors (Lipinski definition) is 1. The molecule has 1 aliphatic rings. The highest BCUT2D eigenvalue weighted by molar-refractivity contribution is 6.55. The molecule has 0 spiro atoms. The number of carbonyl (C=O) groups is 2. The van der Waals surface area contributed by atoms with Gasteiger partial charge in [0.2, 0.25) is 0 Å². The van der Waals surface area contributed by atoms with Crippen molar-refractivity contribution in [1.82, 2.24) is 0 Å². The first kappa shape index (κ1) is 12.2. The predicted octanol–water partition coefficient (Wildman–Crippen LogP) is 3.31. The summed E-state index contributed by atoms with van der Waals surface area (Å²) in [6.07, 6.45) is 0.191. The van der Waals surface area contributed by atoms with E-state index in [9.17, 15) is 14.7 Å². The molecule has 0 heterocycles. The molecule has 0 fully saturated rings. The Bertz CT molecular complexity index is 735. The van der Waals surface area contributed by atoms with Crippen LogP contribution < -0.4 is 0 Å². The van der Waals surface area contributed by atoms with Gasteiger partial charge < -0.3 is 5.11 Å². The van der Waals surface area contributed by atoms with Gasteiger partial charge in [0.1, 0.15) is 5.75 Å². The van der Waals surface area contributed by atoms with Crippen LogP contribution in [0.2, 0.25) is 0 Å². The van der Waals surface area contributed by atoms with Crippen LogP contribution in [0.1, 0.15) is 34.1 Å². The van der Waals surface area contributed by atoms with Gasteiger partial charge in [-0.15, -0.1) is 11.6 Å². The lowest BCUT2D eigenvalue weighted by atomic mass is 9.78. The molecule has 2 aromatic carbocycles. The monoisotopic (exact) mass is 274 g/mol. The minimum absolute atomic E-state index is 0.129. The van der Waals surface area contributed by atoms with E-state index in [0.717, 1.165) is 5.39 Å². The number of ketones is 2. The number of phenols is 1. The van der Waals surface area contributed by atoms with Crippen LogP contribution >= 0.6 is 11.6 Å². The molecule has 1 atom stereocenters. The molecule has 0 unspecified atom stereocenters. The predicted molar refractivity (Wildman–Crippen MR) is 73.1 cm³/mol. The molecule has 19 heavy (non-hydrogen) atoms. The maximum absolute atomic E-state index is 12.5. The number of benzene rings is 2.